The number of aromatic amines is 1. The molecule has 1 aromatic carbocycles. The highest BCUT2D eigenvalue weighted by molar-refractivity contribution is 5.94. The van der Waals surface area contributed by atoms with Crippen LogP contribution in [-0.4, -0.2) is 44.8 Å². The average Bonchev–Trinajstić information content (AvgIpc) is 3.16. The zero-order valence-electron chi connectivity index (χ0n) is 16.2. The number of nitrogens with zero attached hydrogens (tertiary/aromatic N) is 3. The Hall–Kier alpha value is -2.54. The van der Waals surface area contributed by atoms with Crippen LogP contribution in [0, 0.1) is 5.82 Å². The van der Waals surface area contributed by atoms with Crippen LogP contribution in [0.5, 0.6) is 0 Å². The van der Waals surface area contributed by atoms with Gasteiger partial charge < -0.3 is 9.88 Å². The standard InChI is InChI=1S/C21H25FN4O2/c1-13(2)25-10-8-17-16(12-25)20(27)24-19(23-17)18-7-4-9-26(18)21(28)14-5-3-6-15(22)11-14/h3,5-6,11,13,18H,4,7-10,12H2,1-2H3,(H,23,24,27). The van der Waals surface area contributed by atoms with Crippen LogP contribution >= 0.6 is 0 Å². The molecule has 1 fully saturated rings. The van der Waals surface area contributed by atoms with Gasteiger partial charge in [-0.05, 0) is 44.9 Å². The summed E-state index contributed by atoms with van der Waals surface area (Å²) in [5, 5.41) is 0. The lowest BCUT2D eigenvalue weighted by molar-refractivity contribution is 0.0728. The summed E-state index contributed by atoms with van der Waals surface area (Å²) in [6, 6.07) is 5.82. The van der Waals surface area contributed by atoms with Crippen LogP contribution in [0.3, 0.4) is 0 Å². The van der Waals surface area contributed by atoms with Gasteiger partial charge in [0.15, 0.2) is 0 Å². The van der Waals surface area contributed by atoms with E-state index in [1.807, 2.05) is 0 Å². The van der Waals surface area contributed by atoms with Crippen molar-refractivity contribution in [1.29, 1.82) is 0 Å². The molecule has 0 saturated carbocycles. The Bertz CT molecular complexity index is 956. The first-order valence-corrected chi connectivity index (χ1v) is 9.86. The van der Waals surface area contributed by atoms with Gasteiger partial charge in [-0.25, -0.2) is 9.37 Å². The highest BCUT2D eigenvalue weighted by atomic mass is 19.1. The highest BCUT2D eigenvalue weighted by Crippen LogP contribution is 2.31. The first kappa shape index (κ1) is 18.8. The molecule has 6 nitrogen and oxygen atoms in total. The largest absolute Gasteiger partial charge is 0.328 e. The van der Waals surface area contributed by atoms with Crippen molar-refractivity contribution in [3.05, 3.63) is 63.1 Å². The monoisotopic (exact) mass is 384 g/mol. The molecule has 2 aliphatic rings. The smallest absolute Gasteiger partial charge is 0.255 e. The first-order chi connectivity index (χ1) is 13.4. The first-order valence-electron chi connectivity index (χ1n) is 9.86. The van der Waals surface area contributed by atoms with Gasteiger partial charge in [-0.3, -0.25) is 14.5 Å². The fourth-order valence-electron chi connectivity index (χ4n) is 4.15. The molecule has 0 aliphatic carbocycles. The van der Waals surface area contributed by atoms with E-state index in [4.69, 9.17) is 4.98 Å². The summed E-state index contributed by atoms with van der Waals surface area (Å²) in [6.07, 6.45) is 2.30. The minimum absolute atomic E-state index is 0.115. The van der Waals surface area contributed by atoms with Crippen molar-refractivity contribution in [3.8, 4) is 0 Å². The van der Waals surface area contributed by atoms with Crippen molar-refractivity contribution in [3.63, 3.8) is 0 Å². The van der Waals surface area contributed by atoms with Crippen molar-refractivity contribution in [2.75, 3.05) is 13.1 Å². The van der Waals surface area contributed by atoms with Crippen LogP contribution in [-0.2, 0) is 13.0 Å². The zero-order valence-corrected chi connectivity index (χ0v) is 16.2. The van der Waals surface area contributed by atoms with E-state index in [0.29, 0.717) is 30.5 Å². The predicted molar refractivity (Wildman–Crippen MR) is 104 cm³/mol. The van der Waals surface area contributed by atoms with E-state index in [0.717, 1.165) is 37.1 Å². The number of amides is 1. The fourth-order valence-corrected chi connectivity index (χ4v) is 4.15. The number of aromatic nitrogens is 2. The molecule has 3 heterocycles. The summed E-state index contributed by atoms with van der Waals surface area (Å²) in [6.45, 7) is 6.29. The number of carbonyl (C=O) groups is 1. The van der Waals surface area contributed by atoms with Crippen LogP contribution in [0.15, 0.2) is 29.1 Å². The molecule has 1 N–H and O–H groups in total. The molecular formula is C21H25FN4O2. The maximum absolute atomic E-state index is 13.5. The Balaban J connectivity index is 1.63. The van der Waals surface area contributed by atoms with Crippen molar-refractivity contribution in [2.45, 2.75) is 51.7 Å². The molecule has 1 saturated heterocycles. The van der Waals surface area contributed by atoms with Gasteiger partial charge in [0.05, 0.1) is 17.3 Å². The molecule has 1 unspecified atom stereocenters. The second kappa shape index (κ2) is 7.47. The number of rotatable bonds is 3. The number of carbonyl (C=O) groups excluding carboxylic acids is 1. The Labute approximate surface area is 163 Å². The molecule has 0 spiro atoms. The third-order valence-corrected chi connectivity index (χ3v) is 5.75. The molecule has 0 bridgehead atoms. The van der Waals surface area contributed by atoms with Gasteiger partial charge in [0.1, 0.15) is 11.6 Å². The Morgan fingerprint density at radius 1 is 1.32 bits per heavy atom. The Morgan fingerprint density at radius 2 is 2.14 bits per heavy atom. The predicted octanol–water partition coefficient (Wildman–Crippen LogP) is 2.65. The van der Waals surface area contributed by atoms with E-state index in [1.165, 1.54) is 18.2 Å². The topological polar surface area (TPSA) is 69.3 Å². The summed E-state index contributed by atoms with van der Waals surface area (Å²) in [7, 11) is 0. The number of benzene rings is 1. The van der Waals surface area contributed by atoms with Crippen LogP contribution < -0.4 is 5.56 Å². The van der Waals surface area contributed by atoms with Crippen molar-refractivity contribution < 1.29 is 9.18 Å². The molecule has 1 aromatic heterocycles. The minimum Gasteiger partial charge on any atom is -0.328 e. The maximum Gasteiger partial charge on any atom is 0.255 e. The molecule has 28 heavy (non-hydrogen) atoms. The number of hydrogen-bond acceptors (Lipinski definition) is 4. The van der Waals surface area contributed by atoms with E-state index >= 15 is 0 Å². The van der Waals surface area contributed by atoms with Gasteiger partial charge in [0.2, 0.25) is 0 Å². The Morgan fingerprint density at radius 3 is 2.89 bits per heavy atom. The summed E-state index contributed by atoms with van der Waals surface area (Å²) in [5.74, 6) is -0.117. The van der Waals surface area contributed by atoms with E-state index < -0.39 is 5.82 Å². The van der Waals surface area contributed by atoms with E-state index in [1.54, 1.807) is 11.0 Å². The minimum atomic E-state index is -0.434. The Kier molecular flexibility index (Phi) is 5.02. The lowest BCUT2D eigenvalue weighted by atomic mass is 10.0. The van der Waals surface area contributed by atoms with Crippen molar-refractivity contribution in [2.24, 2.45) is 0 Å². The summed E-state index contributed by atoms with van der Waals surface area (Å²) in [5.41, 5.74) is 1.76. The number of likely N-dealkylation sites (tertiary alicyclic amines) is 1. The molecule has 4 rings (SSSR count). The molecular weight excluding hydrogens is 359 g/mol. The molecule has 1 atom stereocenters. The third-order valence-electron chi connectivity index (χ3n) is 5.75. The van der Waals surface area contributed by atoms with Gasteiger partial charge in [-0.2, -0.15) is 0 Å². The van der Waals surface area contributed by atoms with Crippen LogP contribution in [0.2, 0.25) is 0 Å². The number of halogens is 1. The molecule has 7 heteroatoms. The summed E-state index contributed by atoms with van der Waals surface area (Å²) < 4.78 is 13.5. The zero-order chi connectivity index (χ0) is 19.8. The van der Waals surface area contributed by atoms with Gasteiger partial charge in [-0.15, -0.1) is 0 Å². The second-order valence-corrected chi connectivity index (χ2v) is 7.86. The average molecular weight is 384 g/mol. The van der Waals surface area contributed by atoms with Crippen LogP contribution in [0.25, 0.3) is 0 Å². The summed E-state index contributed by atoms with van der Waals surface area (Å²) in [4.78, 5) is 37.3. The molecule has 2 aromatic rings. The molecule has 1 amide bonds. The third kappa shape index (κ3) is 3.46. The van der Waals surface area contributed by atoms with Crippen molar-refractivity contribution in [1.82, 2.24) is 19.8 Å². The van der Waals surface area contributed by atoms with Gasteiger partial charge >= 0.3 is 0 Å². The van der Waals surface area contributed by atoms with E-state index in [2.05, 4.69) is 23.7 Å². The normalized spacial score (nSPS) is 19.9. The van der Waals surface area contributed by atoms with Crippen LogP contribution in [0.1, 0.15) is 60.2 Å². The van der Waals surface area contributed by atoms with Crippen molar-refractivity contribution >= 4 is 5.91 Å². The summed E-state index contributed by atoms with van der Waals surface area (Å²) >= 11 is 0. The number of hydrogen-bond donors (Lipinski definition) is 1. The highest BCUT2D eigenvalue weighted by Gasteiger charge is 2.33. The second-order valence-electron chi connectivity index (χ2n) is 7.86. The number of nitrogens with one attached hydrogen (secondary N) is 1. The molecule has 0 radical (unpaired) electrons. The van der Waals surface area contributed by atoms with Gasteiger partial charge in [0, 0.05) is 37.7 Å². The van der Waals surface area contributed by atoms with Crippen LogP contribution in [0.4, 0.5) is 4.39 Å². The van der Waals surface area contributed by atoms with E-state index in [-0.39, 0.29) is 17.5 Å². The van der Waals surface area contributed by atoms with Gasteiger partial charge in [-0.1, -0.05) is 6.07 Å². The molecule has 2 aliphatic heterocycles. The quantitative estimate of drug-likeness (QED) is 0.883. The molecule has 148 valence electrons. The van der Waals surface area contributed by atoms with E-state index in [9.17, 15) is 14.0 Å². The number of fused-ring (bicyclic) bond motifs is 1. The number of H-pyrrole nitrogens is 1. The van der Waals surface area contributed by atoms with Gasteiger partial charge in [0.25, 0.3) is 11.5 Å². The maximum atomic E-state index is 13.5. The SMILES string of the molecule is CC(C)N1CCc2nc(C3CCCN3C(=O)c3cccc(F)c3)[nH]c(=O)c2C1. The lowest BCUT2D eigenvalue weighted by Crippen LogP contribution is -2.40. The lowest BCUT2D eigenvalue weighted by Gasteiger charge is -2.31. The fraction of sp³-hybridized carbons (Fsp3) is 0.476.